The van der Waals surface area contributed by atoms with E-state index in [2.05, 4.69) is 10.6 Å². The Morgan fingerprint density at radius 3 is 2.32 bits per heavy atom. The van der Waals surface area contributed by atoms with Crippen LogP contribution in [0.3, 0.4) is 0 Å². The third-order valence-electron chi connectivity index (χ3n) is 6.21. The molecule has 1 unspecified atom stereocenters. The topological polar surface area (TPSA) is 41.1 Å². The molecule has 4 aliphatic carbocycles. The molecule has 0 aromatic carbocycles. The van der Waals surface area contributed by atoms with Crippen LogP contribution in [0, 0.1) is 29.6 Å². The fourth-order valence-electron chi connectivity index (χ4n) is 5.63. The van der Waals surface area contributed by atoms with Crippen LogP contribution in [0.5, 0.6) is 0 Å². The smallest absolute Gasteiger partial charge is 0.223 e. The summed E-state index contributed by atoms with van der Waals surface area (Å²) in [5.41, 5.74) is 0. The first-order valence-electron chi connectivity index (χ1n) is 8.30. The predicted octanol–water partition coefficient (Wildman–Crippen LogP) is 1.93. The number of nitrogens with one attached hydrogen (secondary N) is 2. The summed E-state index contributed by atoms with van der Waals surface area (Å²) in [7, 11) is 0. The number of carbonyl (C=O) groups excluding carboxylic acids is 1. The fraction of sp³-hybridized carbons (Fsp3) is 0.938. The lowest BCUT2D eigenvalue weighted by Gasteiger charge is -2.53. The van der Waals surface area contributed by atoms with Crippen molar-refractivity contribution in [3.8, 4) is 0 Å². The molecule has 0 radical (unpaired) electrons. The third-order valence-corrected chi connectivity index (χ3v) is 6.21. The summed E-state index contributed by atoms with van der Waals surface area (Å²) in [6.45, 7) is 1.97. The van der Waals surface area contributed by atoms with E-state index < -0.39 is 0 Å². The fourth-order valence-corrected chi connectivity index (χ4v) is 5.63. The van der Waals surface area contributed by atoms with Crippen LogP contribution in [-0.4, -0.2) is 25.0 Å². The van der Waals surface area contributed by atoms with Crippen LogP contribution < -0.4 is 10.6 Å². The van der Waals surface area contributed by atoms with Gasteiger partial charge in [0.2, 0.25) is 5.91 Å². The zero-order chi connectivity index (χ0) is 12.8. The molecule has 5 fully saturated rings. The van der Waals surface area contributed by atoms with Gasteiger partial charge in [0.25, 0.3) is 0 Å². The van der Waals surface area contributed by atoms with Gasteiger partial charge in [0.1, 0.15) is 0 Å². The molecule has 1 amide bonds. The molecule has 5 aliphatic rings. The lowest BCUT2D eigenvalue weighted by atomic mass is 9.51. The van der Waals surface area contributed by atoms with Gasteiger partial charge in [0.05, 0.1) is 0 Å². The second-order valence-corrected chi connectivity index (χ2v) is 7.49. The Morgan fingerprint density at radius 2 is 1.74 bits per heavy atom. The first kappa shape index (κ1) is 12.2. The molecule has 5 rings (SSSR count). The van der Waals surface area contributed by atoms with Gasteiger partial charge in [-0.3, -0.25) is 4.79 Å². The summed E-state index contributed by atoms with van der Waals surface area (Å²) in [6.07, 6.45) is 9.31. The highest BCUT2D eigenvalue weighted by Gasteiger charge is 2.50. The van der Waals surface area contributed by atoms with Gasteiger partial charge in [-0.05, 0) is 75.2 Å². The molecule has 0 aromatic heterocycles. The maximum Gasteiger partial charge on any atom is 0.223 e. The monoisotopic (exact) mass is 262 g/mol. The van der Waals surface area contributed by atoms with E-state index in [1.165, 1.54) is 44.9 Å². The Kier molecular flexibility index (Phi) is 3.06. The van der Waals surface area contributed by atoms with E-state index in [0.717, 1.165) is 24.9 Å². The highest BCUT2D eigenvalue weighted by molar-refractivity contribution is 5.79. The normalized spacial score (nSPS) is 47.6. The van der Waals surface area contributed by atoms with Crippen molar-refractivity contribution >= 4 is 5.91 Å². The Balaban J connectivity index is 1.37. The summed E-state index contributed by atoms with van der Waals surface area (Å²) in [4.78, 5) is 12.6. The molecule has 106 valence electrons. The van der Waals surface area contributed by atoms with Gasteiger partial charge < -0.3 is 10.6 Å². The van der Waals surface area contributed by atoms with E-state index in [9.17, 15) is 4.79 Å². The molecule has 1 saturated heterocycles. The third kappa shape index (κ3) is 2.20. The molecule has 2 N–H and O–H groups in total. The molecule has 0 aromatic rings. The van der Waals surface area contributed by atoms with Gasteiger partial charge in [0, 0.05) is 18.5 Å². The highest BCUT2D eigenvalue weighted by atomic mass is 16.1. The number of hydrogen-bond acceptors (Lipinski definition) is 2. The molecular weight excluding hydrogens is 236 g/mol. The molecule has 4 saturated carbocycles. The van der Waals surface area contributed by atoms with Gasteiger partial charge in [-0.25, -0.2) is 0 Å². The van der Waals surface area contributed by atoms with E-state index in [1.54, 1.807) is 0 Å². The lowest BCUT2D eigenvalue weighted by molar-refractivity contribution is -0.138. The van der Waals surface area contributed by atoms with E-state index in [1.807, 2.05) is 0 Å². The standard InChI is InChI=1S/C16H26N2O/c19-16(18-9-14-2-1-3-17-14)15-12-5-10-4-11(7-12)8-13(15)6-10/h10-15,17H,1-9H2,(H,18,19). The van der Waals surface area contributed by atoms with Gasteiger partial charge in [-0.1, -0.05) is 0 Å². The SMILES string of the molecule is O=C(NCC1CCCN1)C1C2CC3CC(C2)CC1C3. The van der Waals surface area contributed by atoms with Crippen molar-refractivity contribution in [2.24, 2.45) is 29.6 Å². The van der Waals surface area contributed by atoms with Crippen molar-refractivity contribution in [3.05, 3.63) is 0 Å². The highest BCUT2D eigenvalue weighted by Crippen LogP contribution is 2.56. The second-order valence-electron chi connectivity index (χ2n) is 7.49. The molecule has 1 heterocycles. The number of hydrogen-bond donors (Lipinski definition) is 2. The van der Waals surface area contributed by atoms with Crippen LogP contribution in [-0.2, 0) is 4.79 Å². The summed E-state index contributed by atoms with van der Waals surface area (Å²) in [5.74, 6) is 4.09. The van der Waals surface area contributed by atoms with Crippen molar-refractivity contribution < 1.29 is 4.79 Å². The molecule has 3 heteroatoms. The van der Waals surface area contributed by atoms with Crippen LogP contribution >= 0.6 is 0 Å². The molecule has 1 atom stereocenters. The minimum absolute atomic E-state index is 0.356. The van der Waals surface area contributed by atoms with Crippen LogP contribution in [0.1, 0.15) is 44.9 Å². The first-order valence-corrected chi connectivity index (χ1v) is 8.30. The van der Waals surface area contributed by atoms with E-state index in [4.69, 9.17) is 0 Å². The van der Waals surface area contributed by atoms with E-state index in [-0.39, 0.29) is 0 Å². The Hall–Kier alpha value is -0.570. The number of carbonyl (C=O) groups is 1. The van der Waals surface area contributed by atoms with Crippen LogP contribution in [0.2, 0.25) is 0 Å². The van der Waals surface area contributed by atoms with Crippen LogP contribution in [0.4, 0.5) is 0 Å². The second kappa shape index (κ2) is 4.76. The number of amides is 1. The lowest BCUT2D eigenvalue weighted by Crippen LogP contribution is -2.52. The summed E-state index contributed by atoms with van der Waals surface area (Å²) in [5, 5.41) is 6.72. The average molecular weight is 262 g/mol. The maximum absolute atomic E-state index is 12.6. The molecule has 3 nitrogen and oxygen atoms in total. The predicted molar refractivity (Wildman–Crippen MR) is 74.6 cm³/mol. The van der Waals surface area contributed by atoms with Crippen molar-refractivity contribution in [2.75, 3.05) is 13.1 Å². The Labute approximate surface area is 115 Å². The van der Waals surface area contributed by atoms with Crippen LogP contribution in [0.15, 0.2) is 0 Å². The van der Waals surface area contributed by atoms with Crippen LogP contribution in [0.25, 0.3) is 0 Å². The molecule has 4 bridgehead atoms. The molecular formula is C16H26N2O. The van der Waals surface area contributed by atoms with E-state index >= 15 is 0 Å². The van der Waals surface area contributed by atoms with Crippen molar-refractivity contribution in [3.63, 3.8) is 0 Å². The van der Waals surface area contributed by atoms with Crippen molar-refractivity contribution in [1.82, 2.24) is 10.6 Å². The summed E-state index contributed by atoms with van der Waals surface area (Å²) >= 11 is 0. The van der Waals surface area contributed by atoms with Crippen molar-refractivity contribution in [2.45, 2.75) is 51.0 Å². The zero-order valence-electron chi connectivity index (χ0n) is 11.7. The minimum Gasteiger partial charge on any atom is -0.354 e. The molecule has 1 aliphatic heterocycles. The van der Waals surface area contributed by atoms with Crippen molar-refractivity contribution in [1.29, 1.82) is 0 Å². The quantitative estimate of drug-likeness (QED) is 0.816. The first-order chi connectivity index (χ1) is 9.29. The molecule has 0 spiro atoms. The Bertz CT molecular complexity index is 334. The summed E-state index contributed by atoms with van der Waals surface area (Å²) in [6, 6.07) is 0.529. The maximum atomic E-state index is 12.6. The van der Waals surface area contributed by atoms with Gasteiger partial charge in [-0.2, -0.15) is 0 Å². The average Bonchev–Trinajstić information content (AvgIpc) is 2.88. The van der Waals surface area contributed by atoms with Gasteiger partial charge in [0.15, 0.2) is 0 Å². The largest absolute Gasteiger partial charge is 0.354 e. The number of rotatable bonds is 3. The van der Waals surface area contributed by atoms with Gasteiger partial charge >= 0.3 is 0 Å². The van der Waals surface area contributed by atoms with Gasteiger partial charge in [-0.15, -0.1) is 0 Å². The zero-order valence-corrected chi connectivity index (χ0v) is 11.7. The molecule has 19 heavy (non-hydrogen) atoms. The van der Waals surface area contributed by atoms with E-state index in [0.29, 0.717) is 29.7 Å². The minimum atomic E-state index is 0.356. The summed E-state index contributed by atoms with van der Waals surface area (Å²) < 4.78 is 0. The Morgan fingerprint density at radius 1 is 1.05 bits per heavy atom.